The van der Waals surface area contributed by atoms with Gasteiger partial charge in [0.2, 0.25) is 10.0 Å². The van der Waals surface area contributed by atoms with E-state index < -0.39 is 15.8 Å². The molecule has 1 saturated heterocycles. The Kier molecular flexibility index (Phi) is 6.49. The van der Waals surface area contributed by atoms with Crippen molar-refractivity contribution in [1.82, 2.24) is 29.2 Å². The maximum Gasteiger partial charge on any atom is 0.213 e. The second-order valence-corrected chi connectivity index (χ2v) is 10.5. The largest absolute Gasteiger partial charge is 0.364 e. The summed E-state index contributed by atoms with van der Waals surface area (Å²) in [5.41, 5.74) is 1.81. The summed E-state index contributed by atoms with van der Waals surface area (Å²) in [4.78, 5) is 10.2. The lowest BCUT2D eigenvalue weighted by Gasteiger charge is -2.34. The molecule has 3 aromatic heterocycles. The molecule has 1 aliphatic heterocycles. The molecule has 1 aliphatic rings. The lowest BCUT2D eigenvalue weighted by Crippen LogP contribution is -2.49. The van der Waals surface area contributed by atoms with E-state index in [9.17, 15) is 17.2 Å². The maximum atomic E-state index is 14.7. The van der Waals surface area contributed by atoms with Crippen LogP contribution in [0.5, 0.6) is 0 Å². The smallest absolute Gasteiger partial charge is 0.213 e. The van der Waals surface area contributed by atoms with Crippen LogP contribution in [0.4, 0.5) is 14.6 Å². The summed E-state index contributed by atoms with van der Waals surface area (Å²) in [7, 11) is -3.31. The average molecular weight is 516 g/mol. The van der Waals surface area contributed by atoms with Crippen molar-refractivity contribution < 1.29 is 21.7 Å². The van der Waals surface area contributed by atoms with Gasteiger partial charge in [0.05, 0.1) is 24.2 Å². The minimum absolute atomic E-state index is 0.0163. The zero-order valence-corrected chi connectivity index (χ0v) is 20.2. The van der Waals surface area contributed by atoms with Crippen LogP contribution in [-0.4, -0.2) is 69.6 Å². The molecule has 10 nitrogen and oxygen atoms in total. The third-order valence-electron chi connectivity index (χ3n) is 6.01. The van der Waals surface area contributed by atoms with E-state index in [4.69, 9.17) is 4.52 Å². The molecular formula is C23H23F2N7O3S. The average Bonchev–Trinajstić information content (AvgIpc) is 3.56. The van der Waals surface area contributed by atoms with E-state index in [1.807, 2.05) is 0 Å². The van der Waals surface area contributed by atoms with Crippen LogP contribution in [0.1, 0.15) is 12.5 Å². The Bertz CT molecular complexity index is 1470. The van der Waals surface area contributed by atoms with Crippen molar-refractivity contribution in [3.05, 3.63) is 66.1 Å². The quantitative estimate of drug-likeness (QED) is 0.370. The molecule has 0 spiro atoms. The van der Waals surface area contributed by atoms with Crippen LogP contribution in [0.2, 0.25) is 0 Å². The van der Waals surface area contributed by atoms with Crippen molar-refractivity contribution in [3.8, 4) is 22.9 Å². The highest BCUT2D eigenvalue weighted by atomic mass is 32.2. The van der Waals surface area contributed by atoms with Gasteiger partial charge in [-0.3, -0.25) is 4.68 Å². The number of rotatable bonds is 7. The molecule has 0 saturated carbocycles. The molecule has 188 valence electrons. The topological polar surface area (TPSA) is 110 Å². The van der Waals surface area contributed by atoms with E-state index in [2.05, 4.69) is 20.2 Å². The first-order valence-electron chi connectivity index (χ1n) is 11.3. The number of halogens is 2. The van der Waals surface area contributed by atoms with Crippen LogP contribution in [-0.2, 0) is 16.6 Å². The van der Waals surface area contributed by atoms with E-state index in [0.29, 0.717) is 35.7 Å². The maximum absolute atomic E-state index is 14.7. The first kappa shape index (κ1) is 24.0. The van der Waals surface area contributed by atoms with Crippen molar-refractivity contribution in [2.45, 2.75) is 13.5 Å². The number of anilines is 1. The Balaban J connectivity index is 1.46. The normalized spacial score (nSPS) is 14.9. The van der Waals surface area contributed by atoms with Gasteiger partial charge in [-0.05, 0) is 19.1 Å². The molecular weight excluding hydrogens is 492 g/mol. The third kappa shape index (κ3) is 4.71. The van der Waals surface area contributed by atoms with Gasteiger partial charge < -0.3 is 9.42 Å². The molecule has 0 atom stereocenters. The van der Waals surface area contributed by atoms with Crippen LogP contribution in [0.3, 0.4) is 0 Å². The van der Waals surface area contributed by atoms with Gasteiger partial charge in [0.1, 0.15) is 23.5 Å². The van der Waals surface area contributed by atoms with E-state index in [1.165, 1.54) is 16.6 Å². The zero-order chi connectivity index (χ0) is 25.3. The number of hydrogen-bond acceptors (Lipinski definition) is 8. The minimum Gasteiger partial charge on any atom is -0.364 e. The molecule has 1 fully saturated rings. The van der Waals surface area contributed by atoms with Crippen molar-refractivity contribution in [1.29, 1.82) is 0 Å². The monoisotopic (exact) mass is 515 g/mol. The molecule has 13 heteroatoms. The number of benzene rings is 1. The molecule has 0 N–H and O–H groups in total. The molecule has 4 aromatic rings. The van der Waals surface area contributed by atoms with Crippen molar-refractivity contribution in [3.63, 3.8) is 0 Å². The van der Waals surface area contributed by atoms with Gasteiger partial charge in [-0.25, -0.2) is 27.2 Å². The van der Waals surface area contributed by atoms with Gasteiger partial charge in [-0.1, -0.05) is 23.4 Å². The van der Waals surface area contributed by atoms with Crippen molar-refractivity contribution in [2.75, 3.05) is 36.8 Å². The highest BCUT2D eigenvalue weighted by Gasteiger charge is 2.28. The van der Waals surface area contributed by atoms with Crippen molar-refractivity contribution >= 4 is 15.8 Å². The Hall–Kier alpha value is -3.71. The molecule has 0 bridgehead atoms. The van der Waals surface area contributed by atoms with Gasteiger partial charge >= 0.3 is 0 Å². The fraction of sp³-hybridized carbons (Fsp3) is 0.304. The summed E-state index contributed by atoms with van der Waals surface area (Å²) in [5.74, 6) is -0.729. The standard InChI is InChI=1S/C23H23F2N7O3S/c1-2-36(33,34)31-10-8-30(9-11-31)23-18(25)14-26-22(27-23)20-13-21(19-7-12-35-29-19)32(28-20)15-16-5-3-4-6-17(16)24/h3-7,12-14H,2,8-11,15H2,1H3. The summed E-state index contributed by atoms with van der Waals surface area (Å²) in [6.07, 6.45) is 2.48. The zero-order valence-electron chi connectivity index (χ0n) is 19.4. The Morgan fingerprint density at radius 1 is 1.03 bits per heavy atom. The van der Waals surface area contributed by atoms with E-state index in [1.54, 1.807) is 46.8 Å². The van der Waals surface area contributed by atoms with Crippen LogP contribution >= 0.6 is 0 Å². The molecule has 0 amide bonds. The molecule has 0 radical (unpaired) electrons. The van der Waals surface area contributed by atoms with Crippen LogP contribution in [0.15, 0.2) is 53.4 Å². The SMILES string of the molecule is CCS(=O)(=O)N1CCN(c2nc(-c3cc(-c4ccon4)n(Cc4ccccc4F)n3)ncc2F)CC1. The molecule has 1 aromatic carbocycles. The van der Waals surface area contributed by atoms with Gasteiger partial charge in [-0.15, -0.1) is 0 Å². The van der Waals surface area contributed by atoms with E-state index in [0.717, 1.165) is 6.20 Å². The first-order chi connectivity index (χ1) is 17.4. The number of aromatic nitrogens is 5. The Labute approximate surface area is 206 Å². The van der Waals surface area contributed by atoms with Crippen LogP contribution < -0.4 is 4.90 Å². The van der Waals surface area contributed by atoms with Crippen LogP contribution in [0, 0.1) is 11.6 Å². The first-order valence-corrected chi connectivity index (χ1v) is 12.9. The summed E-state index contributed by atoms with van der Waals surface area (Å²) >= 11 is 0. The second kappa shape index (κ2) is 9.74. The number of hydrogen-bond donors (Lipinski definition) is 0. The molecule has 36 heavy (non-hydrogen) atoms. The van der Waals surface area contributed by atoms with Gasteiger partial charge in [0, 0.05) is 37.8 Å². The number of piperazine rings is 1. The highest BCUT2D eigenvalue weighted by molar-refractivity contribution is 7.89. The van der Waals surface area contributed by atoms with Crippen LogP contribution in [0.25, 0.3) is 22.9 Å². The lowest BCUT2D eigenvalue weighted by molar-refractivity contribution is 0.382. The van der Waals surface area contributed by atoms with Gasteiger partial charge in [0.15, 0.2) is 17.5 Å². The molecule has 0 unspecified atom stereocenters. The predicted molar refractivity (Wildman–Crippen MR) is 127 cm³/mol. The lowest BCUT2D eigenvalue weighted by atomic mass is 10.2. The molecule has 0 aliphatic carbocycles. The van der Waals surface area contributed by atoms with Gasteiger partial charge in [-0.2, -0.15) is 9.40 Å². The summed E-state index contributed by atoms with van der Waals surface area (Å²) < 4.78 is 61.3. The number of nitrogens with zero attached hydrogens (tertiary/aromatic N) is 7. The molecule has 4 heterocycles. The Morgan fingerprint density at radius 2 is 1.81 bits per heavy atom. The summed E-state index contributed by atoms with van der Waals surface area (Å²) in [5, 5.41) is 8.52. The fourth-order valence-electron chi connectivity index (χ4n) is 4.05. The fourth-order valence-corrected chi connectivity index (χ4v) is 5.13. The summed E-state index contributed by atoms with van der Waals surface area (Å²) in [6, 6.07) is 9.71. The van der Waals surface area contributed by atoms with Gasteiger partial charge in [0.25, 0.3) is 0 Å². The Morgan fingerprint density at radius 3 is 2.50 bits per heavy atom. The minimum atomic E-state index is -3.31. The van der Waals surface area contributed by atoms with Crippen molar-refractivity contribution in [2.24, 2.45) is 0 Å². The third-order valence-corrected chi connectivity index (χ3v) is 7.89. The van der Waals surface area contributed by atoms with E-state index in [-0.39, 0.29) is 42.8 Å². The second-order valence-electron chi connectivity index (χ2n) is 8.20. The number of sulfonamides is 1. The van der Waals surface area contributed by atoms with E-state index >= 15 is 0 Å². The molecule has 5 rings (SSSR count). The summed E-state index contributed by atoms with van der Waals surface area (Å²) in [6.45, 7) is 2.77. The predicted octanol–water partition coefficient (Wildman–Crippen LogP) is 2.79. The highest BCUT2D eigenvalue weighted by Crippen LogP contribution is 2.27.